The van der Waals surface area contributed by atoms with Crippen molar-refractivity contribution in [3.63, 3.8) is 0 Å². The average Bonchev–Trinajstić information content (AvgIpc) is 2.83. The standard InChI is InChI=1S/C13H14N2O.C2HF3O2/c16-13-12(9-5-7-14-8-6-9)10-3-1-2-4-11(10)15-13;3-2(4,5)1(6)7/h1-4,14H,5-8H2,(H,15,16);(H,6,7). The molecule has 0 spiro atoms. The summed E-state index contributed by atoms with van der Waals surface area (Å²) in [5.41, 5.74) is 4.23. The summed E-state index contributed by atoms with van der Waals surface area (Å²) in [5.74, 6) is -2.69. The molecular formula is C15H15F3N2O3. The molecule has 3 rings (SSSR count). The fourth-order valence-corrected chi connectivity index (χ4v) is 2.45. The third-order valence-corrected chi connectivity index (χ3v) is 3.47. The molecule has 3 N–H and O–H groups in total. The molecule has 0 aliphatic carbocycles. The molecule has 2 heterocycles. The highest BCUT2D eigenvalue weighted by Gasteiger charge is 2.38. The minimum atomic E-state index is -5.08. The fourth-order valence-electron chi connectivity index (χ4n) is 2.45. The molecule has 1 fully saturated rings. The van der Waals surface area contributed by atoms with Gasteiger partial charge in [0, 0.05) is 16.8 Å². The number of rotatable bonds is 0. The Labute approximate surface area is 130 Å². The van der Waals surface area contributed by atoms with Crippen molar-refractivity contribution < 1.29 is 27.9 Å². The summed E-state index contributed by atoms with van der Waals surface area (Å²) in [6.45, 7) is 1.96. The van der Waals surface area contributed by atoms with E-state index < -0.39 is 12.1 Å². The van der Waals surface area contributed by atoms with E-state index in [0.29, 0.717) is 0 Å². The zero-order valence-electron chi connectivity index (χ0n) is 12.0. The number of piperidine rings is 1. The maximum atomic E-state index is 11.9. The molecule has 1 aromatic carbocycles. The summed E-state index contributed by atoms with van der Waals surface area (Å²) in [5, 5.41) is 13.4. The molecule has 0 unspecified atom stereocenters. The van der Waals surface area contributed by atoms with Gasteiger partial charge in [-0.15, -0.1) is 0 Å². The molecule has 5 nitrogen and oxygen atoms in total. The number of amides is 1. The van der Waals surface area contributed by atoms with Gasteiger partial charge in [0.2, 0.25) is 0 Å². The first kappa shape index (κ1) is 17.0. The fraction of sp³-hybridized carbons (Fsp3) is 0.333. The summed E-state index contributed by atoms with van der Waals surface area (Å²) in [7, 11) is 0. The van der Waals surface area contributed by atoms with Crippen LogP contribution in [0.25, 0.3) is 5.57 Å². The van der Waals surface area contributed by atoms with Gasteiger partial charge in [-0.1, -0.05) is 23.8 Å². The van der Waals surface area contributed by atoms with Gasteiger partial charge in [0.25, 0.3) is 5.91 Å². The summed E-state index contributed by atoms with van der Waals surface area (Å²) >= 11 is 0. The Morgan fingerprint density at radius 2 is 1.70 bits per heavy atom. The number of nitrogens with one attached hydrogen (secondary N) is 2. The lowest BCUT2D eigenvalue weighted by Gasteiger charge is -2.17. The Morgan fingerprint density at radius 1 is 1.13 bits per heavy atom. The maximum absolute atomic E-state index is 11.9. The number of fused-ring (bicyclic) bond motifs is 1. The second kappa shape index (κ2) is 6.82. The smallest absolute Gasteiger partial charge is 0.475 e. The Balaban J connectivity index is 0.000000236. The van der Waals surface area contributed by atoms with Gasteiger partial charge in [0.15, 0.2) is 0 Å². The van der Waals surface area contributed by atoms with Crippen LogP contribution in [0, 0.1) is 0 Å². The number of halogens is 3. The van der Waals surface area contributed by atoms with Crippen LogP contribution in [-0.4, -0.2) is 36.2 Å². The van der Waals surface area contributed by atoms with Crippen molar-refractivity contribution in [3.8, 4) is 0 Å². The molecule has 2 aliphatic heterocycles. The monoisotopic (exact) mass is 328 g/mol. The van der Waals surface area contributed by atoms with E-state index in [2.05, 4.69) is 10.6 Å². The second-order valence-electron chi connectivity index (χ2n) is 5.03. The molecule has 0 radical (unpaired) electrons. The molecule has 8 heteroatoms. The number of anilines is 1. The SMILES string of the molecule is O=C(O)C(F)(F)F.O=C1Nc2ccccc2C1=C1CCNCC1. The van der Waals surface area contributed by atoms with Gasteiger partial charge >= 0.3 is 12.1 Å². The van der Waals surface area contributed by atoms with E-state index in [1.807, 2.05) is 24.3 Å². The normalized spacial score (nSPS) is 17.1. The summed E-state index contributed by atoms with van der Waals surface area (Å²) in [4.78, 5) is 20.8. The first-order valence-electron chi connectivity index (χ1n) is 6.94. The number of carbonyl (C=O) groups excluding carboxylic acids is 1. The number of carboxylic acids is 1. The van der Waals surface area contributed by atoms with Crippen LogP contribution in [0.4, 0.5) is 18.9 Å². The van der Waals surface area contributed by atoms with Gasteiger partial charge in [-0.05, 0) is 32.0 Å². The Hall–Kier alpha value is -2.35. The van der Waals surface area contributed by atoms with E-state index in [1.54, 1.807) is 0 Å². The molecule has 0 saturated carbocycles. The number of para-hydroxylation sites is 1. The third kappa shape index (κ3) is 4.10. The number of carbonyl (C=O) groups is 2. The number of carboxylic acid groups (broad SMARTS) is 1. The Bertz CT molecular complexity index is 646. The number of aliphatic carboxylic acids is 1. The van der Waals surface area contributed by atoms with Gasteiger partial charge in [0.05, 0.1) is 0 Å². The minimum absolute atomic E-state index is 0.0677. The van der Waals surface area contributed by atoms with E-state index >= 15 is 0 Å². The average molecular weight is 328 g/mol. The summed E-state index contributed by atoms with van der Waals surface area (Å²) < 4.78 is 31.7. The highest BCUT2D eigenvalue weighted by molar-refractivity contribution is 6.32. The lowest BCUT2D eigenvalue weighted by atomic mass is 9.95. The van der Waals surface area contributed by atoms with Gasteiger partial charge in [-0.2, -0.15) is 13.2 Å². The second-order valence-corrected chi connectivity index (χ2v) is 5.03. The van der Waals surface area contributed by atoms with E-state index in [4.69, 9.17) is 9.90 Å². The van der Waals surface area contributed by atoms with E-state index in [9.17, 15) is 18.0 Å². The number of benzene rings is 1. The zero-order valence-corrected chi connectivity index (χ0v) is 12.0. The van der Waals surface area contributed by atoms with E-state index in [-0.39, 0.29) is 5.91 Å². The predicted molar refractivity (Wildman–Crippen MR) is 77.8 cm³/mol. The van der Waals surface area contributed by atoms with Crippen LogP contribution >= 0.6 is 0 Å². The molecular weight excluding hydrogens is 313 g/mol. The van der Waals surface area contributed by atoms with Crippen LogP contribution in [0.15, 0.2) is 29.8 Å². The van der Waals surface area contributed by atoms with Gasteiger partial charge in [-0.3, -0.25) is 4.79 Å². The largest absolute Gasteiger partial charge is 0.490 e. The van der Waals surface area contributed by atoms with Crippen molar-refractivity contribution in [2.45, 2.75) is 19.0 Å². The van der Waals surface area contributed by atoms with Crippen LogP contribution in [0.1, 0.15) is 18.4 Å². The highest BCUT2D eigenvalue weighted by Crippen LogP contribution is 2.35. The Kier molecular flexibility index (Phi) is 5.05. The maximum Gasteiger partial charge on any atom is 0.490 e. The summed E-state index contributed by atoms with van der Waals surface area (Å²) in [6.07, 6.45) is -3.12. The molecule has 0 aromatic heterocycles. The molecule has 1 amide bonds. The van der Waals surface area contributed by atoms with Crippen molar-refractivity contribution in [2.24, 2.45) is 0 Å². The number of alkyl halides is 3. The van der Waals surface area contributed by atoms with Gasteiger partial charge in [-0.25, -0.2) is 4.79 Å². The molecule has 0 bridgehead atoms. The van der Waals surface area contributed by atoms with E-state index in [0.717, 1.165) is 42.8 Å². The quantitative estimate of drug-likeness (QED) is 0.639. The van der Waals surface area contributed by atoms with E-state index in [1.165, 1.54) is 5.57 Å². The first-order valence-corrected chi connectivity index (χ1v) is 6.94. The van der Waals surface area contributed by atoms with Crippen molar-refractivity contribution >= 4 is 23.1 Å². The molecule has 23 heavy (non-hydrogen) atoms. The zero-order chi connectivity index (χ0) is 17.0. The lowest BCUT2D eigenvalue weighted by Crippen LogP contribution is -2.24. The van der Waals surface area contributed by atoms with Crippen LogP contribution in [0.2, 0.25) is 0 Å². The van der Waals surface area contributed by atoms with Crippen molar-refractivity contribution in [3.05, 3.63) is 35.4 Å². The number of hydrogen-bond donors (Lipinski definition) is 3. The molecule has 2 aliphatic rings. The summed E-state index contributed by atoms with van der Waals surface area (Å²) in [6, 6.07) is 7.93. The minimum Gasteiger partial charge on any atom is -0.475 e. The molecule has 1 aromatic rings. The number of hydrogen-bond acceptors (Lipinski definition) is 3. The third-order valence-electron chi connectivity index (χ3n) is 3.47. The van der Waals surface area contributed by atoms with Crippen molar-refractivity contribution in [2.75, 3.05) is 18.4 Å². The van der Waals surface area contributed by atoms with Crippen LogP contribution in [-0.2, 0) is 9.59 Å². The molecule has 1 saturated heterocycles. The molecule has 124 valence electrons. The highest BCUT2D eigenvalue weighted by atomic mass is 19.4. The van der Waals surface area contributed by atoms with Gasteiger partial charge in [0.1, 0.15) is 0 Å². The van der Waals surface area contributed by atoms with Crippen molar-refractivity contribution in [1.29, 1.82) is 0 Å². The Morgan fingerprint density at radius 3 is 2.26 bits per heavy atom. The lowest BCUT2D eigenvalue weighted by molar-refractivity contribution is -0.192. The van der Waals surface area contributed by atoms with Crippen molar-refractivity contribution in [1.82, 2.24) is 5.32 Å². The van der Waals surface area contributed by atoms with Crippen LogP contribution in [0.5, 0.6) is 0 Å². The first-order chi connectivity index (χ1) is 10.8. The predicted octanol–water partition coefficient (Wildman–Crippen LogP) is 2.41. The van der Waals surface area contributed by atoms with Crippen LogP contribution in [0.3, 0.4) is 0 Å². The molecule has 0 atom stereocenters. The van der Waals surface area contributed by atoms with Gasteiger partial charge < -0.3 is 15.7 Å². The van der Waals surface area contributed by atoms with Crippen LogP contribution < -0.4 is 10.6 Å². The topological polar surface area (TPSA) is 78.4 Å².